The van der Waals surface area contributed by atoms with Crippen molar-refractivity contribution in [3.8, 4) is 0 Å². The molecule has 0 bridgehead atoms. The maximum Gasteiger partial charge on any atom is 0.0437 e. The van der Waals surface area contributed by atoms with E-state index in [9.17, 15) is 0 Å². The van der Waals surface area contributed by atoms with Crippen molar-refractivity contribution < 1.29 is 0 Å². The van der Waals surface area contributed by atoms with Crippen LogP contribution in [0.3, 0.4) is 0 Å². The van der Waals surface area contributed by atoms with Gasteiger partial charge in [-0.05, 0) is 43.7 Å². The summed E-state index contributed by atoms with van der Waals surface area (Å²) in [4.78, 5) is 5.17. The Balaban J connectivity index is 1.99. The van der Waals surface area contributed by atoms with Crippen LogP contribution in [0.1, 0.15) is 28.7 Å². The SMILES string of the molecule is CCCNCc1cc(CN(C)c2ccccc2)c(C)s1. The minimum atomic E-state index is 0.972. The molecule has 108 valence electrons. The highest BCUT2D eigenvalue weighted by Gasteiger charge is 2.08. The Morgan fingerprint density at radius 2 is 1.95 bits per heavy atom. The number of nitrogens with zero attached hydrogens (tertiary/aromatic N) is 1. The molecule has 2 aromatic rings. The standard InChI is InChI=1S/C17H24N2S/c1-4-10-18-12-17-11-15(14(2)20-17)13-19(3)16-8-6-5-7-9-16/h5-9,11,18H,4,10,12-13H2,1-3H3. The van der Waals surface area contributed by atoms with E-state index in [1.54, 1.807) is 0 Å². The predicted molar refractivity (Wildman–Crippen MR) is 89.6 cm³/mol. The number of benzene rings is 1. The molecule has 20 heavy (non-hydrogen) atoms. The number of para-hydroxylation sites is 1. The largest absolute Gasteiger partial charge is 0.370 e. The van der Waals surface area contributed by atoms with Crippen molar-refractivity contribution in [3.63, 3.8) is 0 Å². The molecule has 0 aliphatic carbocycles. The average Bonchev–Trinajstić information content (AvgIpc) is 2.80. The third-order valence-corrected chi connectivity index (χ3v) is 4.49. The number of aryl methyl sites for hydroxylation is 1. The lowest BCUT2D eigenvalue weighted by Crippen LogP contribution is -2.16. The quantitative estimate of drug-likeness (QED) is 0.768. The van der Waals surface area contributed by atoms with Gasteiger partial charge in [0, 0.05) is 35.6 Å². The van der Waals surface area contributed by atoms with Crippen molar-refractivity contribution in [3.05, 3.63) is 51.7 Å². The lowest BCUT2D eigenvalue weighted by Gasteiger charge is -2.19. The molecule has 3 heteroatoms. The van der Waals surface area contributed by atoms with Gasteiger partial charge in [0.15, 0.2) is 0 Å². The molecule has 0 saturated heterocycles. The van der Waals surface area contributed by atoms with E-state index in [0.29, 0.717) is 0 Å². The summed E-state index contributed by atoms with van der Waals surface area (Å²) in [5.41, 5.74) is 2.71. The topological polar surface area (TPSA) is 15.3 Å². The van der Waals surface area contributed by atoms with Crippen LogP contribution < -0.4 is 10.2 Å². The van der Waals surface area contributed by atoms with Crippen molar-refractivity contribution in [1.82, 2.24) is 5.32 Å². The summed E-state index contributed by atoms with van der Waals surface area (Å²) in [6.07, 6.45) is 1.19. The highest BCUT2D eigenvalue weighted by molar-refractivity contribution is 7.12. The zero-order valence-electron chi connectivity index (χ0n) is 12.6. The Kier molecular flexibility index (Phi) is 5.62. The fraction of sp³-hybridized carbons (Fsp3) is 0.412. The summed E-state index contributed by atoms with van der Waals surface area (Å²) >= 11 is 1.91. The van der Waals surface area contributed by atoms with E-state index in [4.69, 9.17) is 0 Å². The number of rotatable bonds is 7. The molecule has 0 aliphatic heterocycles. The molecule has 0 spiro atoms. The van der Waals surface area contributed by atoms with E-state index in [1.165, 1.54) is 27.4 Å². The number of hydrogen-bond donors (Lipinski definition) is 1. The van der Waals surface area contributed by atoms with E-state index in [0.717, 1.165) is 19.6 Å². The summed E-state index contributed by atoms with van der Waals surface area (Å²) in [6, 6.07) is 12.9. The van der Waals surface area contributed by atoms with E-state index in [2.05, 4.69) is 67.5 Å². The van der Waals surface area contributed by atoms with Crippen LogP contribution in [0.25, 0.3) is 0 Å². The normalized spacial score (nSPS) is 10.8. The van der Waals surface area contributed by atoms with E-state index in [1.807, 2.05) is 11.3 Å². The van der Waals surface area contributed by atoms with Crippen molar-refractivity contribution in [1.29, 1.82) is 0 Å². The number of hydrogen-bond acceptors (Lipinski definition) is 3. The van der Waals surface area contributed by atoms with Crippen LogP contribution in [-0.2, 0) is 13.1 Å². The van der Waals surface area contributed by atoms with Gasteiger partial charge in [0.2, 0.25) is 0 Å². The minimum absolute atomic E-state index is 0.972. The van der Waals surface area contributed by atoms with Gasteiger partial charge in [0.25, 0.3) is 0 Å². The Morgan fingerprint density at radius 1 is 1.20 bits per heavy atom. The molecule has 1 N–H and O–H groups in total. The van der Waals surface area contributed by atoms with Gasteiger partial charge >= 0.3 is 0 Å². The smallest absolute Gasteiger partial charge is 0.0437 e. The number of anilines is 1. The molecule has 2 nitrogen and oxygen atoms in total. The molecular weight excluding hydrogens is 264 g/mol. The third kappa shape index (κ3) is 4.09. The molecule has 0 saturated carbocycles. The lowest BCUT2D eigenvalue weighted by molar-refractivity contribution is 0.681. The van der Waals surface area contributed by atoms with Crippen LogP contribution in [0, 0.1) is 6.92 Å². The highest BCUT2D eigenvalue weighted by Crippen LogP contribution is 2.24. The van der Waals surface area contributed by atoms with Crippen LogP contribution in [0.15, 0.2) is 36.4 Å². The fourth-order valence-electron chi connectivity index (χ4n) is 2.25. The number of thiophene rings is 1. The van der Waals surface area contributed by atoms with Gasteiger partial charge < -0.3 is 10.2 Å². The highest BCUT2D eigenvalue weighted by atomic mass is 32.1. The van der Waals surface area contributed by atoms with E-state index >= 15 is 0 Å². The summed E-state index contributed by atoms with van der Waals surface area (Å²) in [6.45, 7) is 7.49. The van der Waals surface area contributed by atoms with Crippen molar-refractivity contribution in [2.75, 3.05) is 18.5 Å². The number of nitrogens with one attached hydrogen (secondary N) is 1. The van der Waals surface area contributed by atoms with Crippen molar-refractivity contribution >= 4 is 17.0 Å². The molecule has 0 unspecified atom stereocenters. The molecular formula is C17H24N2S. The first-order valence-electron chi connectivity index (χ1n) is 7.25. The first kappa shape index (κ1) is 15.1. The second-order valence-electron chi connectivity index (χ2n) is 5.16. The van der Waals surface area contributed by atoms with Crippen LogP contribution in [-0.4, -0.2) is 13.6 Å². The van der Waals surface area contributed by atoms with Crippen LogP contribution >= 0.6 is 11.3 Å². The molecule has 1 aromatic carbocycles. The molecule has 0 radical (unpaired) electrons. The molecule has 0 fully saturated rings. The van der Waals surface area contributed by atoms with Crippen LogP contribution in [0.4, 0.5) is 5.69 Å². The Hall–Kier alpha value is -1.32. The first-order chi connectivity index (χ1) is 9.70. The molecule has 0 aliphatic rings. The minimum Gasteiger partial charge on any atom is -0.370 e. The Bertz CT molecular complexity index is 519. The summed E-state index contributed by atoms with van der Waals surface area (Å²) in [5.74, 6) is 0. The van der Waals surface area contributed by atoms with Gasteiger partial charge in [0.1, 0.15) is 0 Å². The molecule has 0 amide bonds. The van der Waals surface area contributed by atoms with Crippen molar-refractivity contribution in [2.45, 2.75) is 33.4 Å². The predicted octanol–water partition coefficient (Wildman–Crippen LogP) is 4.19. The second-order valence-corrected chi connectivity index (χ2v) is 6.50. The van der Waals surface area contributed by atoms with Gasteiger partial charge in [-0.15, -0.1) is 11.3 Å². The fourth-order valence-corrected chi connectivity index (χ4v) is 3.27. The monoisotopic (exact) mass is 288 g/mol. The summed E-state index contributed by atoms with van der Waals surface area (Å²) in [7, 11) is 2.15. The Labute approximate surface area is 126 Å². The average molecular weight is 288 g/mol. The first-order valence-corrected chi connectivity index (χ1v) is 8.07. The van der Waals surface area contributed by atoms with Gasteiger partial charge in [-0.2, -0.15) is 0 Å². The zero-order valence-corrected chi connectivity index (χ0v) is 13.5. The molecule has 2 rings (SSSR count). The van der Waals surface area contributed by atoms with Gasteiger partial charge in [-0.3, -0.25) is 0 Å². The van der Waals surface area contributed by atoms with Crippen LogP contribution in [0.2, 0.25) is 0 Å². The Morgan fingerprint density at radius 3 is 2.65 bits per heavy atom. The summed E-state index contributed by atoms with van der Waals surface area (Å²) in [5, 5.41) is 3.47. The molecule has 1 aromatic heterocycles. The maximum absolute atomic E-state index is 3.47. The third-order valence-electron chi connectivity index (χ3n) is 3.40. The second kappa shape index (κ2) is 7.46. The summed E-state index contributed by atoms with van der Waals surface area (Å²) < 4.78 is 0. The molecule has 0 atom stereocenters. The zero-order chi connectivity index (χ0) is 14.4. The van der Waals surface area contributed by atoms with E-state index < -0.39 is 0 Å². The van der Waals surface area contributed by atoms with Gasteiger partial charge in [-0.25, -0.2) is 0 Å². The van der Waals surface area contributed by atoms with Gasteiger partial charge in [0.05, 0.1) is 0 Å². The van der Waals surface area contributed by atoms with Crippen molar-refractivity contribution in [2.24, 2.45) is 0 Å². The van der Waals surface area contributed by atoms with E-state index in [-0.39, 0.29) is 0 Å². The maximum atomic E-state index is 3.47. The van der Waals surface area contributed by atoms with Crippen LogP contribution in [0.5, 0.6) is 0 Å². The molecule has 1 heterocycles. The van der Waals surface area contributed by atoms with Gasteiger partial charge in [-0.1, -0.05) is 25.1 Å². The lowest BCUT2D eigenvalue weighted by atomic mass is 10.2.